The van der Waals surface area contributed by atoms with Crippen molar-refractivity contribution < 1.29 is 0 Å². The summed E-state index contributed by atoms with van der Waals surface area (Å²) < 4.78 is 0. The van der Waals surface area contributed by atoms with Crippen molar-refractivity contribution in [2.24, 2.45) is 0 Å². The van der Waals surface area contributed by atoms with E-state index in [1.165, 1.54) is 32.4 Å². The molecule has 2 nitrogen and oxygen atoms in total. The molecule has 0 aliphatic carbocycles. The normalized spacial score (nSPS) is 11.2. The monoisotopic (exact) mass is 454 g/mol. The number of fused-ring (bicyclic) bond motifs is 1. The van der Waals surface area contributed by atoms with Crippen molar-refractivity contribution in [3.8, 4) is 22.5 Å². The predicted octanol–water partition coefficient (Wildman–Crippen LogP) is 6.66. The molecular weight excluding hydrogens is 431 g/mol. The van der Waals surface area contributed by atoms with E-state index in [-0.39, 0.29) is 0 Å². The van der Waals surface area contributed by atoms with Gasteiger partial charge in [-0.25, -0.2) is 0 Å². The van der Waals surface area contributed by atoms with Gasteiger partial charge >= 0.3 is 0 Å². The molecule has 162 valence electrons. The second-order valence-electron chi connectivity index (χ2n) is 8.22. The summed E-state index contributed by atoms with van der Waals surface area (Å²) in [5.41, 5.74) is 5.63. The first-order valence-electron chi connectivity index (χ1n) is 11.4. The van der Waals surface area contributed by atoms with Gasteiger partial charge in [-0.3, -0.25) is 4.98 Å². The molecule has 0 spiro atoms. The summed E-state index contributed by atoms with van der Waals surface area (Å²) in [5.74, 6) is 0. The van der Waals surface area contributed by atoms with E-state index in [9.17, 15) is 0 Å². The topological polar surface area (TPSA) is 28.7 Å². The van der Waals surface area contributed by atoms with Crippen LogP contribution in [-0.4, -0.2) is 9.97 Å². The Balaban J connectivity index is 1.52. The van der Waals surface area contributed by atoms with Crippen LogP contribution in [0.4, 0.5) is 0 Å². The fourth-order valence-corrected chi connectivity index (χ4v) is 6.70. The summed E-state index contributed by atoms with van der Waals surface area (Å²) in [6.45, 7) is 0. The fraction of sp³-hybridized carbons (Fsp3) is 0. The van der Waals surface area contributed by atoms with E-state index >= 15 is 0 Å². The average molecular weight is 455 g/mol. The van der Waals surface area contributed by atoms with Gasteiger partial charge in [0.25, 0.3) is 0 Å². The molecule has 6 rings (SSSR count). The van der Waals surface area contributed by atoms with Gasteiger partial charge in [0.05, 0.1) is 5.69 Å². The van der Waals surface area contributed by atoms with Gasteiger partial charge in [0.15, 0.2) is 0 Å². The van der Waals surface area contributed by atoms with E-state index in [4.69, 9.17) is 0 Å². The Morgan fingerprint density at radius 2 is 1.12 bits per heavy atom. The summed E-state index contributed by atoms with van der Waals surface area (Å²) in [6, 6.07) is 45.2. The van der Waals surface area contributed by atoms with Gasteiger partial charge in [0.1, 0.15) is 0 Å². The predicted molar refractivity (Wildman–Crippen MR) is 146 cm³/mol. The molecule has 0 bridgehead atoms. The molecule has 1 N–H and O–H groups in total. The largest absolute Gasteiger partial charge is 0.354 e. The van der Waals surface area contributed by atoms with E-state index in [0.717, 1.165) is 17.0 Å². The summed E-state index contributed by atoms with van der Waals surface area (Å²) in [4.78, 5) is 8.47. The highest BCUT2D eigenvalue weighted by molar-refractivity contribution is 7.79. The number of nitrogens with zero attached hydrogens (tertiary/aromatic N) is 1. The lowest BCUT2D eigenvalue weighted by Gasteiger charge is -2.17. The van der Waals surface area contributed by atoms with E-state index in [0.29, 0.717) is 0 Å². The molecule has 6 aromatic rings. The Hall–Kier alpha value is -4.00. The van der Waals surface area contributed by atoms with Crippen LogP contribution in [0.3, 0.4) is 0 Å². The molecule has 3 heteroatoms. The average Bonchev–Trinajstić information content (AvgIpc) is 3.39. The molecular formula is C31H23N2P. The zero-order chi connectivity index (χ0) is 22.7. The number of hydrogen-bond donors (Lipinski definition) is 1. The second-order valence-corrected chi connectivity index (χ2v) is 10.4. The van der Waals surface area contributed by atoms with Crippen LogP contribution in [0, 0.1) is 0 Å². The van der Waals surface area contributed by atoms with Crippen molar-refractivity contribution in [1.82, 2.24) is 9.97 Å². The number of hydrogen-bond acceptors (Lipinski definition) is 1. The van der Waals surface area contributed by atoms with E-state index in [2.05, 4.69) is 125 Å². The Kier molecular flexibility index (Phi) is 5.51. The van der Waals surface area contributed by atoms with Crippen LogP contribution in [0.1, 0.15) is 0 Å². The summed E-state index contributed by atoms with van der Waals surface area (Å²) in [6.07, 6.45) is 1.86. The summed E-state index contributed by atoms with van der Waals surface area (Å²) >= 11 is 0. The summed E-state index contributed by atoms with van der Waals surface area (Å²) in [7, 11) is -0.685. The Labute approximate surface area is 200 Å². The molecule has 2 heterocycles. The van der Waals surface area contributed by atoms with Crippen LogP contribution in [-0.2, 0) is 0 Å². The quantitative estimate of drug-likeness (QED) is 0.290. The number of aromatic nitrogens is 2. The van der Waals surface area contributed by atoms with Crippen molar-refractivity contribution in [3.05, 3.63) is 134 Å². The van der Waals surface area contributed by atoms with Crippen LogP contribution in [0.2, 0.25) is 0 Å². The van der Waals surface area contributed by atoms with Gasteiger partial charge < -0.3 is 4.98 Å². The van der Waals surface area contributed by atoms with Gasteiger partial charge in [-0.1, -0.05) is 91.0 Å². The SMILES string of the molecule is c1ccc(P(c2ccccc2)c2ccc(-c3cc4ccccc4cc3-c3ccccn3)[nH]2)cc1. The number of nitrogens with one attached hydrogen (secondary N) is 1. The van der Waals surface area contributed by atoms with Gasteiger partial charge in [-0.2, -0.15) is 0 Å². The third-order valence-corrected chi connectivity index (χ3v) is 8.43. The zero-order valence-electron chi connectivity index (χ0n) is 18.6. The van der Waals surface area contributed by atoms with Crippen LogP contribution in [0.15, 0.2) is 134 Å². The summed E-state index contributed by atoms with van der Waals surface area (Å²) in [5, 5.41) is 5.11. The molecule has 0 saturated carbocycles. The smallest absolute Gasteiger partial charge is 0.0708 e. The minimum absolute atomic E-state index is 0.685. The molecule has 0 saturated heterocycles. The molecule has 4 aromatic carbocycles. The van der Waals surface area contributed by atoms with Gasteiger partial charge in [0, 0.05) is 36.4 Å². The maximum atomic E-state index is 4.67. The van der Waals surface area contributed by atoms with Crippen molar-refractivity contribution in [2.45, 2.75) is 0 Å². The van der Waals surface area contributed by atoms with Crippen molar-refractivity contribution in [2.75, 3.05) is 0 Å². The maximum absolute atomic E-state index is 4.67. The molecule has 0 aliphatic rings. The number of H-pyrrole nitrogens is 1. The molecule has 2 aromatic heterocycles. The molecule has 0 unspecified atom stereocenters. The van der Waals surface area contributed by atoms with Crippen molar-refractivity contribution in [1.29, 1.82) is 0 Å². The lowest BCUT2D eigenvalue weighted by Crippen LogP contribution is -2.21. The van der Waals surface area contributed by atoms with Crippen LogP contribution in [0.25, 0.3) is 33.3 Å². The van der Waals surface area contributed by atoms with Crippen LogP contribution < -0.4 is 16.0 Å². The molecule has 34 heavy (non-hydrogen) atoms. The van der Waals surface area contributed by atoms with Crippen LogP contribution >= 0.6 is 7.92 Å². The second kappa shape index (κ2) is 9.09. The number of aromatic amines is 1. The van der Waals surface area contributed by atoms with Crippen molar-refractivity contribution >= 4 is 34.7 Å². The number of rotatable bonds is 5. The van der Waals surface area contributed by atoms with Crippen LogP contribution in [0.5, 0.6) is 0 Å². The maximum Gasteiger partial charge on any atom is 0.0708 e. The lowest BCUT2D eigenvalue weighted by molar-refractivity contribution is 1.32. The minimum Gasteiger partial charge on any atom is -0.354 e. The molecule has 0 amide bonds. The lowest BCUT2D eigenvalue weighted by atomic mass is 9.96. The minimum atomic E-state index is -0.685. The highest BCUT2D eigenvalue weighted by Gasteiger charge is 2.19. The van der Waals surface area contributed by atoms with E-state index in [1.807, 2.05) is 18.3 Å². The Morgan fingerprint density at radius 3 is 1.74 bits per heavy atom. The van der Waals surface area contributed by atoms with Gasteiger partial charge in [-0.05, 0) is 57.8 Å². The van der Waals surface area contributed by atoms with Gasteiger partial charge in [0.2, 0.25) is 0 Å². The third-order valence-electron chi connectivity index (χ3n) is 6.06. The Bertz CT molecular complexity index is 1500. The first-order chi connectivity index (χ1) is 16.9. The number of pyridine rings is 1. The first-order valence-corrected chi connectivity index (χ1v) is 12.7. The molecule has 0 aliphatic heterocycles. The number of benzene rings is 4. The van der Waals surface area contributed by atoms with E-state index in [1.54, 1.807) is 0 Å². The zero-order valence-corrected chi connectivity index (χ0v) is 19.5. The van der Waals surface area contributed by atoms with E-state index < -0.39 is 7.92 Å². The molecule has 0 fully saturated rings. The highest BCUT2D eigenvalue weighted by atomic mass is 31.1. The molecule has 0 radical (unpaired) electrons. The first kappa shape index (κ1) is 20.6. The van der Waals surface area contributed by atoms with Crippen molar-refractivity contribution in [3.63, 3.8) is 0 Å². The standard InChI is InChI=1S/C31H23N2P/c1-3-13-25(14-4-1)34(26-15-5-2-6-16-26)31-19-18-30(33-31)28-22-24-12-8-7-11-23(24)21-27(28)29-17-9-10-20-32-29/h1-22,33H. The highest BCUT2D eigenvalue weighted by Crippen LogP contribution is 2.37. The fourth-order valence-electron chi connectivity index (χ4n) is 4.45. The Morgan fingerprint density at radius 1 is 0.529 bits per heavy atom. The molecule has 0 atom stereocenters. The third kappa shape index (κ3) is 3.94. The van der Waals surface area contributed by atoms with Gasteiger partial charge in [-0.15, -0.1) is 0 Å².